The first-order chi connectivity index (χ1) is 12.2. The predicted molar refractivity (Wildman–Crippen MR) is 95.6 cm³/mol. The summed E-state index contributed by atoms with van der Waals surface area (Å²) >= 11 is 0. The van der Waals surface area contributed by atoms with E-state index in [1.807, 2.05) is 17.0 Å². The Morgan fingerprint density at radius 1 is 1.20 bits per heavy atom. The van der Waals surface area contributed by atoms with Gasteiger partial charge in [-0.1, -0.05) is 25.5 Å². The average molecular weight is 348 g/mol. The number of hydrogen-bond donors (Lipinski definition) is 0. The molecule has 0 radical (unpaired) electrons. The molecule has 4 rings (SSSR count). The molecule has 3 heterocycles. The molecule has 1 aromatic carbocycles. The fourth-order valence-corrected chi connectivity index (χ4v) is 3.95. The summed E-state index contributed by atoms with van der Waals surface area (Å²) in [5, 5.41) is 0. The molecule has 3 saturated heterocycles. The standard InChI is InChI=1S/C20H29FN2O2/c1-2-3-10-25-15-20(24)23-13-17-6-9-19(23)14-22(12-17)11-16-4-7-18(21)8-5-16/h4-5,7-8,17,19H,2-3,6,9-15H2,1H3/t17-,19+/m0/s1. The minimum atomic E-state index is -0.195. The lowest BCUT2D eigenvalue weighted by Crippen LogP contribution is -2.48. The molecule has 0 aliphatic carbocycles. The third kappa shape index (κ3) is 5.02. The van der Waals surface area contributed by atoms with Crippen LogP contribution in [-0.2, 0) is 16.1 Å². The second-order valence-corrected chi connectivity index (χ2v) is 7.37. The van der Waals surface area contributed by atoms with Crippen LogP contribution in [0.4, 0.5) is 4.39 Å². The normalized spacial score (nSPS) is 23.7. The van der Waals surface area contributed by atoms with Crippen molar-refractivity contribution in [1.82, 2.24) is 9.80 Å². The van der Waals surface area contributed by atoms with Crippen LogP contribution >= 0.6 is 0 Å². The summed E-state index contributed by atoms with van der Waals surface area (Å²) in [5.74, 6) is 0.466. The van der Waals surface area contributed by atoms with E-state index in [4.69, 9.17) is 4.74 Å². The van der Waals surface area contributed by atoms with E-state index in [2.05, 4.69) is 11.8 Å². The number of rotatable bonds is 7. The molecule has 1 amide bonds. The summed E-state index contributed by atoms with van der Waals surface area (Å²) < 4.78 is 18.6. The lowest BCUT2D eigenvalue weighted by molar-refractivity contribution is -0.140. The number of unbranched alkanes of at least 4 members (excludes halogenated alkanes) is 1. The van der Waals surface area contributed by atoms with E-state index in [-0.39, 0.29) is 24.4 Å². The van der Waals surface area contributed by atoms with E-state index in [1.165, 1.54) is 18.6 Å². The first-order valence-electron chi connectivity index (χ1n) is 9.49. The topological polar surface area (TPSA) is 32.8 Å². The van der Waals surface area contributed by atoms with E-state index < -0.39 is 0 Å². The number of halogens is 1. The molecule has 138 valence electrons. The Labute approximate surface area is 149 Å². The van der Waals surface area contributed by atoms with Gasteiger partial charge in [-0.2, -0.15) is 0 Å². The molecule has 4 nitrogen and oxygen atoms in total. The van der Waals surface area contributed by atoms with Crippen LogP contribution in [0.3, 0.4) is 0 Å². The first-order valence-corrected chi connectivity index (χ1v) is 9.49. The van der Waals surface area contributed by atoms with E-state index in [0.717, 1.165) is 51.0 Å². The Balaban J connectivity index is 1.56. The fraction of sp³-hybridized carbons (Fsp3) is 0.650. The van der Waals surface area contributed by atoms with Gasteiger partial charge in [-0.25, -0.2) is 4.39 Å². The molecular formula is C20H29FN2O2. The van der Waals surface area contributed by atoms with Crippen LogP contribution < -0.4 is 0 Å². The van der Waals surface area contributed by atoms with Crippen molar-refractivity contribution in [3.63, 3.8) is 0 Å². The van der Waals surface area contributed by atoms with Crippen molar-refractivity contribution in [2.24, 2.45) is 5.92 Å². The van der Waals surface area contributed by atoms with Crippen molar-refractivity contribution in [3.05, 3.63) is 35.6 Å². The highest BCUT2D eigenvalue weighted by Gasteiger charge is 2.36. The summed E-state index contributed by atoms with van der Waals surface area (Å²) in [5.41, 5.74) is 1.13. The van der Waals surface area contributed by atoms with Crippen molar-refractivity contribution < 1.29 is 13.9 Å². The molecule has 0 aromatic heterocycles. The number of piperidine rings is 1. The Morgan fingerprint density at radius 2 is 2.00 bits per heavy atom. The largest absolute Gasteiger partial charge is 0.372 e. The lowest BCUT2D eigenvalue weighted by atomic mass is 9.95. The first kappa shape index (κ1) is 18.3. The van der Waals surface area contributed by atoms with Crippen LogP contribution in [0.25, 0.3) is 0 Å². The Kier molecular flexibility index (Phi) is 6.43. The van der Waals surface area contributed by atoms with Crippen molar-refractivity contribution in [2.45, 2.75) is 45.2 Å². The highest BCUT2D eigenvalue weighted by molar-refractivity contribution is 5.78. The average Bonchev–Trinajstić information content (AvgIpc) is 2.91. The smallest absolute Gasteiger partial charge is 0.248 e. The monoisotopic (exact) mass is 348 g/mol. The maximum Gasteiger partial charge on any atom is 0.248 e. The molecular weight excluding hydrogens is 319 g/mol. The van der Waals surface area contributed by atoms with Gasteiger partial charge in [0.1, 0.15) is 12.4 Å². The maximum atomic E-state index is 13.1. The SMILES string of the molecule is CCCCOCC(=O)N1C[C@H]2CC[C@@H]1CN(Cc1ccc(F)cc1)C2. The Hall–Kier alpha value is -1.46. The molecule has 1 aromatic rings. The Morgan fingerprint density at radius 3 is 2.76 bits per heavy atom. The van der Waals surface area contributed by atoms with Crippen molar-refractivity contribution in [3.8, 4) is 0 Å². The highest BCUT2D eigenvalue weighted by atomic mass is 19.1. The molecule has 0 unspecified atom stereocenters. The Bertz CT molecular complexity index is 563. The van der Waals surface area contributed by atoms with Gasteiger partial charge in [-0.3, -0.25) is 9.69 Å². The van der Waals surface area contributed by atoms with Gasteiger partial charge in [-0.15, -0.1) is 0 Å². The number of nitrogens with zero attached hydrogens (tertiary/aromatic N) is 2. The van der Waals surface area contributed by atoms with Crippen LogP contribution in [0, 0.1) is 11.7 Å². The number of amides is 1. The number of ether oxygens (including phenoxy) is 1. The van der Waals surface area contributed by atoms with Gasteiger partial charge < -0.3 is 9.64 Å². The highest BCUT2D eigenvalue weighted by Crippen LogP contribution is 2.29. The molecule has 0 saturated carbocycles. The van der Waals surface area contributed by atoms with Crippen LogP contribution in [0.1, 0.15) is 38.2 Å². The summed E-state index contributed by atoms with van der Waals surface area (Å²) in [6, 6.07) is 7.02. The van der Waals surface area contributed by atoms with Crippen molar-refractivity contribution in [1.29, 1.82) is 0 Å². The summed E-state index contributed by atoms with van der Waals surface area (Å²) in [6.07, 6.45) is 4.35. The fourth-order valence-electron chi connectivity index (χ4n) is 3.95. The lowest BCUT2D eigenvalue weighted by Gasteiger charge is -2.36. The van der Waals surface area contributed by atoms with Gasteiger partial charge in [-0.05, 0) is 42.9 Å². The van der Waals surface area contributed by atoms with Gasteiger partial charge in [0.2, 0.25) is 5.91 Å². The zero-order valence-electron chi connectivity index (χ0n) is 15.1. The van der Waals surface area contributed by atoms with Crippen LogP contribution in [0.5, 0.6) is 0 Å². The molecule has 3 fully saturated rings. The van der Waals surface area contributed by atoms with E-state index in [0.29, 0.717) is 12.5 Å². The summed E-state index contributed by atoms with van der Waals surface area (Å²) in [6.45, 7) is 6.57. The number of carbonyl (C=O) groups excluding carboxylic acids is 1. The summed E-state index contributed by atoms with van der Waals surface area (Å²) in [4.78, 5) is 17.0. The third-order valence-electron chi connectivity index (χ3n) is 5.30. The maximum absolute atomic E-state index is 13.1. The van der Waals surface area contributed by atoms with Crippen LogP contribution in [0.15, 0.2) is 24.3 Å². The third-order valence-corrected chi connectivity index (χ3v) is 5.30. The number of carbonyl (C=O) groups is 1. The van der Waals surface area contributed by atoms with Gasteiger partial charge in [0.15, 0.2) is 0 Å². The summed E-state index contributed by atoms with van der Waals surface area (Å²) in [7, 11) is 0. The van der Waals surface area contributed by atoms with E-state index in [9.17, 15) is 9.18 Å². The number of benzene rings is 1. The molecule has 3 aliphatic rings. The van der Waals surface area contributed by atoms with Crippen molar-refractivity contribution >= 4 is 5.91 Å². The minimum Gasteiger partial charge on any atom is -0.372 e. The van der Waals surface area contributed by atoms with Crippen LogP contribution in [0.2, 0.25) is 0 Å². The zero-order valence-corrected chi connectivity index (χ0v) is 15.1. The molecule has 3 aliphatic heterocycles. The number of hydrogen-bond acceptors (Lipinski definition) is 3. The second kappa shape index (κ2) is 8.77. The molecule has 25 heavy (non-hydrogen) atoms. The predicted octanol–water partition coefficient (Wildman–Crippen LogP) is 3.07. The molecule has 0 N–H and O–H groups in total. The molecule has 5 heteroatoms. The van der Waals surface area contributed by atoms with E-state index in [1.54, 1.807) is 0 Å². The van der Waals surface area contributed by atoms with Gasteiger partial charge in [0.25, 0.3) is 0 Å². The minimum absolute atomic E-state index is 0.134. The second-order valence-electron chi connectivity index (χ2n) is 7.37. The zero-order chi connectivity index (χ0) is 17.6. The molecule has 2 atom stereocenters. The van der Waals surface area contributed by atoms with Gasteiger partial charge in [0, 0.05) is 38.8 Å². The molecule has 2 bridgehead atoms. The van der Waals surface area contributed by atoms with Gasteiger partial charge in [0.05, 0.1) is 0 Å². The van der Waals surface area contributed by atoms with E-state index >= 15 is 0 Å². The van der Waals surface area contributed by atoms with Crippen LogP contribution in [-0.4, -0.2) is 54.6 Å². The van der Waals surface area contributed by atoms with Gasteiger partial charge >= 0.3 is 0 Å². The quantitative estimate of drug-likeness (QED) is 0.710. The van der Waals surface area contributed by atoms with Crippen molar-refractivity contribution in [2.75, 3.05) is 32.8 Å². The number of fused-ring (bicyclic) bond motifs is 4. The molecule has 0 spiro atoms.